The van der Waals surface area contributed by atoms with Crippen LogP contribution in [0.2, 0.25) is 0 Å². The molecule has 0 saturated carbocycles. The first-order valence-electron chi connectivity index (χ1n) is 6.32. The van der Waals surface area contributed by atoms with E-state index >= 15 is 0 Å². The number of hydrogen-bond acceptors (Lipinski definition) is 3. The fraction of sp³-hybridized carbons (Fsp3) is 0.400. The van der Waals surface area contributed by atoms with Crippen molar-refractivity contribution < 1.29 is 0 Å². The molecule has 0 atom stereocenters. The van der Waals surface area contributed by atoms with Gasteiger partial charge in [-0.1, -0.05) is 26.0 Å². The van der Waals surface area contributed by atoms with Gasteiger partial charge in [0.15, 0.2) is 0 Å². The van der Waals surface area contributed by atoms with E-state index < -0.39 is 0 Å². The number of rotatable bonds is 8. The quantitative estimate of drug-likeness (QED) is 0.714. The smallest absolute Gasteiger partial charge is 0.129 e. The fourth-order valence-electron chi connectivity index (χ4n) is 1.64. The van der Waals surface area contributed by atoms with Gasteiger partial charge in [-0.25, -0.2) is 4.98 Å². The van der Waals surface area contributed by atoms with Gasteiger partial charge < -0.3 is 10.2 Å². The van der Waals surface area contributed by atoms with E-state index in [1.54, 1.807) is 0 Å². The highest BCUT2D eigenvalue weighted by molar-refractivity contribution is 5.42. The Hall–Kier alpha value is -1.61. The first-order chi connectivity index (χ1) is 8.67. The molecule has 0 amide bonds. The molecule has 1 aromatic heterocycles. The van der Waals surface area contributed by atoms with E-state index in [4.69, 9.17) is 0 Å². The summed E-state index contributed by atoms with van der Waals surface area (Å²) in [6, 6.07) is 4.64. The molecule has 18 heavy (non-hydrogen) atoms. The number of hydrogen-bond donors (Lipinski definition) is 1. The number of pyridine rings is 1. The van der Waals surface area contributed by atoms with Gasteiger partial charge in [0.2, 0.25) is 0 Å². The molecule has 0 radical (unpaired) electrons. The topological polar surface area (TPSA) is 28.2 Å². The molecule has 0 unspecified atom stereocenters. The lowest BCUT2D eigenvalue weighted by Crippen LogP contribution is -2.25. The molecule has 1 heterocycles. The van der Waals surface area contributed by atoms with E-state index in [1.165, 1.54) is 5.56 Å². The van der Waals surface area contributed by atoms with Crippen molar-refractivity contribution in [2.45, 2.75) is 26.4 Å². The third-order valence-corrected chi connectivity index (χ3v) is 2.55. The minimum Gasteiger partial charge on any atom is -0.349 e. The monoisotopic (exact) mass is 245 g/mol. The molecule has 0 fully saturated rings. The highest BCUT2D eigenvalue weighted by Crippen LogP contribution is 2.12. The normalized spacial score (nSPS) is 10.4. The molecule has 98 valence electrons. The van der Waals surface area contributed by atoms with Gasteiger partial charge in [-0.15, -0.1) is 13.2 Å². The van der Waals surface area contributed by atoms with Gasteiger partial charge in [0.25, 0.3) is 0 Å². The molecular weight excluding hydrogens is 222 g/mol. The summed E-state index contributed by atoms with van der Waals surface area (Å²) >= 11 is 0. The third kappa shape index (κ3) is 4.72. The summed E-state index contributed by atoms with van der Waals surface area (Å²) in [7, 11) is 0. The molecule has 1 aromatic rings. The molecule has 0 spiro atoms. The largest absolute Gasteiger partial charge is 0.349 e. The van der Waals surface area contributed by atoms with Crippen LogP contribution in [0.5, 0.6) is 0 Å². The second-order valence-corrected chi connectivity index (χ2v) is 4.54. The Morgan fingerprint density at radius 3 is 2.56 bits per heavy atom. The average molecular weight is 245 g/mol. The van der Waals surface area contributed by atoms with Crippen molar-refractivity contribution in [1.82, 2.24) is 10.3 Å². The van der Waals surface area contributed by atoms with Crippen LogP contribution in [0.4, 0.5) is 5.82 Å². The van der Waals surface area contributed by atoms with E-state index in [0.717, 1.165) is 25.5 Å². The van der Waals surface area contributed by atoms with Gasteiger partial charge in [-0.2, -0.15) is 0 Å². The second-order valence-electron chi connectivity index (χ2n) is 4.54. The molecule has 0 aliphatic rings. The maximum absolute atomic E-state index is 4.41. The van der Waals surface area contributed by atoms with Gasteiger partial charge in [-0.05, 0) is 17.7 Å². The Balaban J connectivity index is 2.77. The van der Waals surface area contributed by atoms with Crippen LogP contribution in [0.25, 0.3) is 0 Å². The molecule has 1 rings (SSSR count). The highest BCUT2D eigenvalue weighted by Gasteiger charge is 2.05. The minimum absolute atomic E-state index is 0.485. The van der Waals surface area contributed by atoms with Crippen LogP contribution in [-0.2, 0) is 6.54 Å². The first-order valence-corrected chi connectivity index (χ1v) is 6.32. The number of nitrogens with zero attached hydrogens (tertiary/aromatic N) is 2. The lowest BCUT2D eigenvalue weighted by atomic mass is 10.2. The van der Waals surface area contributed by atoms with Gasteiger partial charge in [0, 0.05) is 31.9 Å². The van der Waals surface area contributed by atoms with E-state index in [-0.39, 0.29) is 0 Å². The van der Waals surface area contributed by atoms with Crippen LogP contribution in [-0.4, -0.2) is 24.1 Å². The van der Waals surface area contributed by atoms with Gasteiger partial charge >= 0.3 is 0 Å². The van der Waals surface area contributed by atoms with Gasteiger partial charge in [0.05, 0.1) is 0 Å². The summed E-state index contributed by atoms with van der Waals surface area (Å²) < 4.78 is 0. The average Bonchev–Trinajstić information content (AvgIpc) is 2.36. The summed E-state index contributed by atoms with van der Waals surface area (Å²) in [5, 5.41) is 3.41. The van der Waals surface area contributed by atoms with Crippen molar-refractivity contribution in [3.63, 3.8) is 0 Å². The van der Waals surface area contributed by atoms with Crippen molar-refractivity contribution in [2.24, 2.45) is 0 Å². The molecule has 0 aromatic carbocycles. The van der Waals surface area contributed by atoms with Gasteiger partial charge in [0.1, 0.15) is 5.82 Å². The number of nitrogens with one attached hydrogen (secondary N) is 1. The standard InChI is InChI=1S/C15H23N3/c1-5-9-18(10-6-2)15-11-14(7-8-16-15)12-17-13(3)4/h5-8,11,13,17H,1-2,9-10,12H2,3-4H3. The van der Waals surface area contributed by atoms with Crippen molar-refractivity contribution in [3.8, 4) is 0 Å². The zero-order valence-electron chi connectivity index (χ0n) is 11.4. The highest BCUT2D eigenvalue weighted by atomic mass is 15.2. The molecule has 3 heteroatoms. The zero-order valence-corrected chi connectivity index (χ0v) is 11.4. The molecule has 3 nitrogen and oxygen atoms in total. The Morgan fingerprint density at radius 1 is 1.33 bits per heavy atom. The predicted molar refractivity (Wildman–Crippen MR) is 78.8 cm³/mol. The van der Waals surface area contributed by atoms with Gasteiger partial charge in [-0.3, -0.25) is 0 Å². The summed E-state index contributed by atoms with van der Waals surface area (Å²) in [4.78, 5) is 6.54. The SMILES string of the molecule is C=CCN(CC=C)c1cc(CNC(C)C)ccn1. The Kier molecular flexibility index (Phi) is 6.15. The molecule has 0 aliphatic carbocycles. The van der Waals surface area contributed by atoms with Crippen LogP contribution in [0.3, 0.4) is 0 Å². The molecule has 0 aliphatic heterocycles. The van der Waals surface area contributed by atoms with Crippen molar-refractivity contribution in [1.29, 1.82) is 0 Å². The van der Waals surface area contributed by atoms with Crippen LogP contribution in [0, 0.1) is 0 Å². The van der Waals surface area contributed by atoms with E-state index in [0.29, 0.717) is 6.04 Å². The summed E-state index contributed by atoms with van der Waals surface area (Å²) in [5.74, 6) is 0.970. The molecule has 0 saturated heterocycles. The lowest BCUT2D eigenvalue weighted by molar-refractivity contribution is 0.588. The molecule has 1 N–H and O–H groups in total. The zero-order chi connectivity index (χ0) is 13.4. The maximum atomic E-state index is 4.41. The predicted octanol–water partition coefficient (Wildman–Crippen LogP) is 2.76. The minimum atomic E-state index is 0.485. The second kappa shape index (κ2) is 7.67. The summed E-state index contributed by atoms with van der Waals surface area (Å²) in [6.45, 7) is 14.3. The summed E-state index contributed by atoms with van der Waals surface area (Å²) in [5.41, 5.74) is 1.24. The lowest BCUT2D eigenvalue weighted by Gasteiger charge is -2.21. The molecular formula is C15H23N3. The van der Waals surface area contributed by atoms with Crippen LogP contribution in [0.15, 0.2) is 43.6 Å². The van der Waals surface area contributed by atoms with Crippen LogP contribution in [0.1, 0.15) is 19.4 Å². The Labute approximate surface area is 110 Å². The number of anilines is 1. The Bertz CT molecular complexity index is 375. The van der Waals surface area contributed by atoms with E-state index in [2.05, 4.69) is 48.3 Å². The third-order valence-electron chi connectivity index (χ3n) is 2.55. The van der Waals surface area contributed by atoms with Crippen LogP contribution < -0.4 is 10.2 Å². The summed E-state index contributed by atoms with van der Waals surface area (Å²) in [6.07, 6.45) is 5.61. The Morgan fingerprint density at radius 2 is 2.00 bits per heavy atom. The van der Waals surface area contributed by atoms with Crippen LogP contribution >= 0.6 is 0 Å². The van der Waals surface area contributed by atoms with Crippen molar-refractivity contribution >= 4 is 5.82 Å². The van der Waals surface area contributed by atoms with E-state index in [1.807, 2.05) is 24.4 Å². The number of aromatic nitrogens is 1. The molecule has 0 bridgehead atoms. The van der Waals surface area contributed by atoms with Crippen molar-refractivity contribution in [3.05, 3.63) is 49.2 Å². The first kappa shape index (κ1) is 14.5. The van der Waals surface area contributed by atoms with Crippen molar-refractivity contribution in [2.75, 3.05) is 18.0 Å². The van der Waals surface area contributed by atoms with E-state index in [9.17, 15) is 0 Å². The fourth-order valence-corrected chi connectivity index (χ4v) is 1.64. The maximum Gasteiger partial charge on any atom is 0.129 e.